The predicted octanol–water partition coefficient (Wildman–Crippen LogP) is 2.33. The summed E-state index contributed by atoms with van der Waals surface area (Å²) in [5.74, 6) is 0. The van der Waals surface area contributed by atoms with Gasteiger partial charge in [0.15, 0.2) is 0 Å². The normalized spacial score (nSPS) is 10.4. The van der Waals surface area contributed by atoms with Gasteiger partial charge in [0.05, 0.1) is 12.7 Å². The Kier molecular flexibility index (Phi) is 3.44. The van der Waals surface area contributed by atoms with Crippen LogP contribution in [-0.2, 0) is 6.61 Å². The molecule has 0 spiro atoms. The van der Waals surface area contributed by atoms with Crippen LogP contribution in [0.2, 0.25) is 0 Å². The van der Waals surface area contributed by atoms with Crippen molar-refractivity contribution in [3.05, 3.63) is 40.5 Å². The first kappa shape index (κ1) is 10.5. The van der Waals surface area contributed by atoms with Crippen molar-refractivity contribution < 1.29 is 5.11 Å². The lowest BCUT2D eigenvalue weighted by Crippen LogP contribution is -1.93. The Labute approximate surface area is 84.1 Å². The molecule has 0 saturated heterocycles. The smallest absolute Gasteiger partial charge is 0.0912 e. The maximum atomic E-state index is 9.10. The average molecular weight is 187 g/mol. The van der Waals surface area contributed by atoms with Crippen molar-refractivity contribution in [3.63, 3.8) is 0 Å². The lowest BCUT2D eigenvalue weighted by atomic mass is 10.00. The number of aryl methyl sites for hydroxylation is 1. The molecule has 1 aromatic rings. The zero-order valence-electron chi connectivity index (χ0n) is 8.41. The molecule has 2 heteroatoms. The molecule has 0 atom stereocenters. The van der Waals surface area contributed by atoms with Crippen LogP contribution in [0.5, 0.6) is 0 Å². The number of hydrogen-bond donors (Lipinski definition) is 1. The van der Waals surface area contributed by atoms with Gasteiger partial charge in [-0.15, -0.1) is 0 Å². The van der Waals surface area contributed by atoms with Gasteiger partial charge in [-0.05, 0) is 48.2 Å². The number of nitrogens with zero attached hydrogens (tertiary/aromatic N) is 1. The summed E-state index contributed by atoms with van der Waals surface area (Å²) in [4.78, 5) is 0. The minimum atomic E-state index is 0.0426. The second kappa shape index (κ2) is 4.59. The second-order valence-electron chi connectivity index (χ2n) is 3.24. The van der Waals surface area contributed by atoms with Gasteiger partial charge in [0.25, 0.3) is 0 Å². The van der Waals surface area contributed by atoms with E-state index in [0.717, 1.165) is 22.3 Å². The maximum Gasteiger partial charge on any atom is 0.0912 e. The fraction of sp³-hybridized carbons (Fsp3) is 0.250. The lowest BCUT2D eigenvalue weighted by Gasteiger charge is -2.07. The average Bonchev–Trinajstić information content (AvgIpc) is 2.19. The van der Waals surface area contributed by atoms with Crippen molar-refractivity contribution in [2.45, 2.75) is 20.5 Å². The van der Waals surface area contributed by atoms with E-state index in [-0.39, 0.29) is 6.61 Å². The van der Waals surface area contributed by atoms with Gasteiger partial charge in [0.1, 0.15) is 0 Å². The molecule has 2 nitrogen and oxygen atoms in total. The third-order valence-electron chi connectivity index (χ3n) is 2.32. The van der Waals surface area contributed by atoms with Gasteiger partial charge in [-0.1, -0.05) is 6.07 Å². The number of nitriles is 1. The van der Waals surface area contributed by atoms with E-state index >= 15 is 0 Å². The first-order chi connectivity index (χ1) is 6.69. The number of rotatable bonds is 2. The first-order valence-corrected chi connectivity index (χ1v) is 4.46. The van der Waals surface area contributed by atoms with Crippen LogP contribution in [0.15, 0.2) is 18.2 Å². The minimum Gasteiger partial charge on any atom is -0.392 e. The highest BCUT2D eigenvalue weighted by Gasteiger charge is 2.01. The van der Waals surface area contributed by atoms with Gasteiger partial charge < -0.3 is 5.11 Å². The standard InChI is InChI=1S/C12H13NO/c1-9-6-11(4-3-5-13)7-12(8-14)10(9)2/h3-4,6-7,14H,8H2,1-2H3/b4-3+. The predicted molar refractivity (Wildman–Crippen MR) is 56.5 cm³/mol. The Morgan fingerprint density at radius 2 is 2.14 bits per heavy atom. The van der Waals surface area contributed by atoms with Crippen LogP contribution in [0.25, 0.3) is 6.08 Å². The molecular weight excluding hydrogens is 174 g/mol. The third kappa shape index (κ3) is 2.21. The quantitative estimate of drug-likeness (QED) is 0.722. The van der Waals surface area contributed by atoms with E-state index in [2.05, 4.69) is 0 Å². The minimum absolute atomic E-state index is 0.0426. The molecule has 0 saturated carbocycles. The summed E-state index contributed by atoms with van der Waals surface area (Å²) >= 11 is 0. The van der Waals surface area contributed by atoms with Gasteiger partial charge >= 0.3 is 0 Å². The molecule has 0 aromatic heterocycles. The number of aliphatic hydroxyl groups excluding tert-OH is 1. The zero-order chi connectivity index (χ0) is 10.6. The Morgan fingerprint density at radius 3 is 2.71 bits per heavy atom. The molecule has 0 heterocycles. The van der Waals surface area contributed by atoms with E-state index < -0.39 is 0 Å². The highest BCUT2D eigenvalue weighted by molar-refractivity contribution is 5.55. The summed E-state index contributed by atoms with van der Waals surface area (Å²) in [5.41, 5.74) is 4.12. The van der Waals surface area contributed by atoms with Crippen molar-refractivity contribution in [1.29, 1.82) is 5.26 Å². The number of allylic oxidation sites excluding steroid dienone is 1. The summed E-state index contributed by atoms with van der Waals surface area (Å²) < 4.78 is 0. The van der Waals surface area contributed by atoms with Crippen LogP contribution in [0.1, 0.15) is 22.3 Å². The van der Waals surface area contributed by atoms with E-state index in [0.29, 0.717) is 0 Å². The Bertz CT molecular complexity index is 400. The molecule has 1 aromatic carbocycles. The van der Waals surface area contributed by atoms with Gasteiger partial charge in [0, 0.05) is 6.08 Å². The molecule has 0 unspecified atom stereocenters. The molecule has 0 radical (unpaired) electrons. The number of benzene rings is 1. The summed E-state index contributed by atoms with van der Waals surface area (Å²) in [7, 11) is 0. The maximum absolute atomic E-state index is 9.10. The van der Waals surface area contributed by atoms with E-state index in [1.54, 1.807) is 6.08 Å². The van der Waals surface area contributed by atoms with Crippen molar-refractivity contribution in [2.75, 3.05) is 0 Å². The van der Waals surface area contributed by atoms with Crippen molar-refractivity contribution in [1.82, 2.24) is 0 Å². The van der Waals surface area contributed by atoms with Crippen molar-refractivity contribution >= 4 is 6.08 Å². The molecule has 1 N–H and O–H groups in total. The molecule has 0 amide bonds. The van der Waals surface area contributed by atoms with E-state index in [4.69, 9.17) is 10.4 Å². The Morgan fingerprint density at radius 1 is 1.43 bits per heavy atom. The van der Waals surface area contributed by atoms with Gasteiger partial charge in [0.2, 0.25) is 0 Å². The van der Waals surface area contributed by atoms with Gasteiger partial charge in [-0.2, -0.15) is 5.26 Å². The van der Waals surface area contributed by atoms with Crippen LogP contribution in [0.4, 0.5) is 0 Å². The lowest BCUT2D eigenvalue weighted by molar-refractivity contribution is 0.281. The van der Waals surface area contributed by atoms with Crippen LogP contribution < -0.4 is 0 Å². The fourth-order valence-corrected chi connectivity index (χ4v) is 1.36. The SMILES string of the molecule is Cc1cc(/C=C/C#N)cc(CO)c1C. The molecular formula is C12H13NO. The fourth-order valence-electron chi connectivity index (χ4n) is 1.36. The zero-order valence-corrected chi connectivity index (χ0v) is 8.41. The molecule has 72 valence electrons. The first-order valence-electron chi connectivity index (χ1n) is 4.46. The third-order valence-corrected chi connectivity index (χ3v) is 2.32. The van der Waals surface area contributed by atoms with Gasteiger partial charge in [-0.3, -0.25) is 0 Å². The van der Waals surface area contributed by atoms with Crippen molar-refractivity contribution in [3.8, 4) is 6.07 Å². The van der Waals surface area contributed by atoms with Crippen LogP contribution >= 0.6 is 0 Å². The monoisotopic (exact) mass is 187 g/mol. The van der Waals surface area contributed by atoms with Crippen molar-refractivity contribution in [2.24, 2.45) is 0 Å². The molecule has 0 aliphatic rings. The summed E-state index contributed by atoms with van der Waals surface area (Å²) in [6.07, 6.45) is 3.18. The topological polar surface area (TPSA) is 44.0 Å². The highest BCUT2D eigenvalue weighted by Crippen LogP contribution is 2.17. The molecule has 0 aliphatic carbocycles. The number of aliphatic hydroxyl groups is 1. The molecule has 0 bridgehead atoms. The Balaban J connectivity index is 3.17. The van der Waals surface area contributed by atoms with Crippen LogP contribution in [0, 0.1) is 25.2 Å². The van der Waals surface area contributed by atoms with Crippen LogP contribution in [-0.4, -0.2) is 5.11 Å². The molecule has 1 rings (SSSR count). The Hall–Kier alpha value is -1.59. The van der Waals surface area contributed by atoms with E-state index in [9.17, 15) is 0 Å². The molecule has 14 heavy (non-hydrogen) atoms. The van der Waals surface area contributed by atoms with E-state index in [1.807, 2.05) is 32.0 Å². The second-order valence-corrected chi connectivity index (χ2v) is 3.24. The van der Waals surface area contributed by atoms with Crippen LogP contribution in [0.3, 0.4) is 0 Å². The summed E-state index contributed by atoms with van der Waals surface area (Å²) in [6.45, 7) is 4.03. The van der Waals surface area contributed by atoms with Gasteiger partial charge in [-0.25, -0.2) is 0 Å². The molecule has 0 aliphatic heterocycles. The summed E-state index contributed by atoms with van der Waals surface area (Å²) in [6, 6.07) is 5.85. The molecule has 0 fully saturated rings. The highest BCUT2D eigenvalue weighted by atomic mass is 16.3. The largest absolute Gasteiger partial charge is 0.392 e. The number of hydrogen-bond acceptors (Lipinski definition) is 2. The summed E-state index contributed by atoms with van der Waals surface area (Å²) in [5, 5.41) is 17.5. The van der Waals surface area contributed by atoms with E-state index in [1.165, 1.54) is 6.08 Å².